The van der Waals surface area contributed by atoms with Gasteiger partial charge in [-0.25, -0.2) is 0 Å². The maximum atomic E-state index is 2.45. The van der Waals surface area contributed by atoms with Gasteiger partial charge in [0.1, 0.15) is 0 Å². The number of halogens is 2. The predicted octanol–water partition coefficient (Wildman–Crippen LogP) is 2.29. The molecule has 0 radical (unpaired) electrons. The standard InChI is InChI=1S/2C13H13.C12H10Si.2ClH.Hf/c2*1-2-11-6-5-9-13(10-11)12-7-3-4-8-12;1-3-7-11(8-4-1)13-12-9-5-2-6-10-12;;;/h2*3,5-7,9-10H,2,4H2,1H3;1-10H;2*1H;/q;;;;;+2/p-2. The number of benzene rings is 4. The molecular weight excluding hydrogens is 734 g/mol. The fourth-order valence-electron chi connectivity index (χ4n) is 6.09. The molecule has 0 aromatic heterocycles. The van der Waals surface area contributed by atoms with E-state index in [0.717, 1.165) is 25.7 Å². The van der Waals surface area contributed by atoms with Crippen LogP contribution in [-0.2, 0) is 32.9 Å². The summed E-state index contributed by atoms with van der Waals surface area (Å²) in [4.78, 5) is 0. The summed E-state index contributed by atoms with van der Waals surface area (Å²) in [6.45, 7) is 4.53. The minimum Gasteiger partial charge on any atom is -1.00 e. The molecule has 0 heterocycles. The van der Waals surface area contributed by atoms with Crippen LogP contribution < -0.4 is 35.2 Å². The monoisotopic (exact) mass is 770 g/mol. The molecule has 0 saturated carbocycles. The summed E-state index contributed by atoms with van der Waals surface area (Å²) < 4.78 is 3.59. The molecule has 0 aliphatic heterocycles. The first-order chi connectivity index (χ1) is 19.8. The van der Waals surface area contributed by atoms with Crippen LogP contribution >= 0.6 is 0 Å². The number of rotatable bonds is 8. The van der Waals surface area contributed by atoms with E-state index in [9.17, 15) is 0 Å². The number of hydrogen-bond donors (Lipinski definition) is 0. The molecule has 0 unspecified atom stereocenters. The van der Waals surface area contributed by atoms with E-state index in [1.54, 1.807) is 17.0 Å². The second-order valence-corrected chi connectivity index (χ2v) is 29.0. The second kappa shape index (κ2) is 15.3. The molecule has 0 amide bonds. The Bertz CT molecular complexity index is 1570. The largest absolute Gasteiger partial charge is 1.00 e. The van der Waals surface area contributed by atoms with E-state index in [-0.39, 0.29) is 24.8 Å². The van der Waals surface area contributed by atoms with Gasteiger partial charge in [0.25, 0.3) is 0 Å². The molecule has 4 aromatic rings. The Balaban J connectivity index is 0.00000202. The van der Waals surface area contributed by atoms with Crippen molar-refractivity contribution in [1.29, 1.82) is 0 Å². The Labute approximate surface area is 271 Å². The van der Waals surface area contributed by atoms with E-state index in [0.29, 0.717) is 0 Å². The Morgan fingerprint density at radius 1 is 0.548 bits per heavy atom. The summed E-state index contributed by atoms with van der Waals surface area (Å²) >= 11 is -2.75. The van der Waals surface area contributed by atoms with Crippen LogP contribution in [0.25, 0.3) is 11.1 Å². The first-order valence-electron chi connectivity index (χ1n) is 14.6. The minimum atomic E-state index is -2.75. The Morgan fingerprint density at radius 2 is 0.976 bits per heavy atom. The molecule has 210 valence electrons. The molecule has 0 spiro atoms. The normalized spacial score (nSPS) is 13.5. The van der Waals surface area contributed by atoms with Gasteiger partial charge in [-0.2, -0.15) is 0 Å². The molecule has 0 fully saturated rings. The molecule has 42 heavy (non-hydrogen) atoms. The van der Waals surface area contributed by atoms with Crippen LogP contribution in [0.1, 0.15) is 48.9 Å². The van der Waals surface area contributed by atoms with Crippen molar-refractivity contribution in [2.45, 2.75) is 39.5 Å². The maximum Gasteiger partial charge on any atom is -1.00 e. The molecule has 4 aromatic carbocycles. The van der Waals surface area contributed by atoms with Gasteiger partial charge in [0, 0.05) is 0 Å². The first kappa shape index (κ1) is 32.4. The topological polar surface area (TPSA) is 0 Å². The van der Waals surface area contributed by atoms with Crippen LogP contribution in [0.15, 0.2) is 140 Å². The summed E-state index contributed by atoms with van der Waals surface area (Å²) in [5, 5.41) is 3.14. The Morgan fingerprint density at radius 3 is 1.38 bits per heavy atom. The molecular formula is C38H36Cl2HfSi. The molecule has 6 rings (SSSR count). The predicted molar refractivity (Wildman–Crippen MR) is 171 cm³/mol. The zero-order valence-electron chi connectivity index (χ0n) is 24.3. The summed E-state index contributed by atoms with van der Waals surface area (Å²) in [5.74, 6) is 0. The Kier molecular flexibility index (Phi) is 11.8. The van der Waals surface area contributed by atoms with Gasteiger partial charge in [-0.3, -0.25) is 0 Å². The fraction of sp³-hybridized carbons (Fsp3) is 0.158. The van der Waals surface area contributed by atoms with Crippen LogP contribution in [0.5, 0.6) is 0 Å². The van der Waals surface area contributed by atoms with E-state index in [4.69, 9.17) is 0 Å². The number of aryl methyl sites for hydroxylation is 2. The molecule has 4 heteroatoms. The smallest absolute Gasteiger partial charge is 1.00 e. The van der Waals surface area contributed by atoms with E-state index >= 15 is 0 Å². The van der Waals surface area contributed by atoms with Crippen molar-refractivity contribution < 1.29 is 44.9 Å². The fourth-order valence-corrected chi connectivity index (χ4v) is 36.0. The first-order valence-corrected chi connectivity index (χ1v) is 25.1. The third-order valence-electron chi connectivity index (χ3n) is 8.13. The van der Waals surface area contributed by atoms with Gasteiger partial charge in [0.2, 0.25) is 0 Å². The van der Waals surface area contributed by atoms with E-state index in [1.165, 1.54) is 33.4 Å². The van der Waals surface area contributed by atoms with E-state index in [1.807, 2.05) is 0 Å². The number of hydrogen-bond acceptors (Lipinski definition) is 0. The minimum absolute atomic E-state index is 0. The molecule has 0 bridgehead atoms. The van der Waals surface area contributed by atoms with Crippen molar-refractivity contribution in [2.24, 2.45) is 0 Å². The quantitative estimate of drug-likeness (QED) is 0.242. The summed E-state index contributed by atoms with van der Waals surface area (Å²) in [5.41, 5.74) is 7.72. The van der Waals surface area contributed by atoms with Crippen molar-refractivity contribution >= 4 is 27.0 Å². The van der Waals surface area contributed by atoms with Gasteiger partial charge in [0.05, 0.1) is 0 Å². The van der Waals surface area contributed by atoms with Crippen molar-refractivity contribution in [3.63, 3.8) is 0 Å². The van der Waals surface area contributed by atoms with Gasteiger partial charge in [-0.15, -0.1) is 0 Å². The average Bonchev–Trinajstić information content (AvgIpc) is 3.71. The van der Waals surface area contributed by atoms with Crippen LogP contribution in [0.2, 0.25) is 0 Å². The molecule has 2 aliphatic rings. The Hall–Kier alpha value is -2.49. The zero-order valence-corrected chi connectivity index (χ0v) is 30.4. The van der Waals surface area contributed by atoms with Gasteiger partial charge < -0.3 is 24.8 Å². The average molecular weight is 770 g/mol. The summed E-state index contributed by atoms with van der Waals surface area (Å²) in [7, 11) is 0. The SMILES string of the molecule is CCc1cccc(C2=[C]([Hf+2]([C]3=C(c4cccc(CC)c4)C=CC3)=[Si](c3ccccc3)c3ccccc3)CC=C2)c1.[Cl-].[Cl-]. The van der Waals surface area contributed by atoms with Gasteiger partial charge >= 0.3 is 249 Å². The third kappa shape index (κ3) is 6.84. The van der Waals surface area contributed by atoms with Gasteiger partial charge in [-0.05, 0) is 0 Å². The van der Waals surface area contributed by atoms with Crippen LogP contribution in [0.3, 0.4) is 0 Å². The van der Waals surface area contributed by atoms with Crippen LogP contribution in [0, 0.1) is 0 Å². The molecule has 0 atom stereocenters. The van der Waals surface area contributed by atoms with E-state index in [2.05, 4.69) is 147 Å². The van der Waals surface area contributed by atoms with Crippen molar-refractivity contribution in [1.82, 2.24) is 0 Å². The molecule has 0 N–H and O–H groups in total. The maximum absolute atomic E-state index is 2.75. The van der Waals surface area contributed by atoms with Crippen molar-refractivity contribution in [3.05, 3.63) is 162 Å². The molecule has 0 saturated heterocycles. The van der Waals surface area contributed by atoms with Crippen molar-refractivity contribution in [3.8, 4) is 0 Å². The van der Waals surface area contributed by atoms with Crippen molar-refractivity contribution in [2.75, 3.05) is 0 Å². The van der Waals surface area contributed by atoms with E-state index < -0.39 is 25.6 Å². The zero-order chi connectivity index (χ0) is 27.3. The number of allylic oxidation sites excluding steroid dienone is 8. The summed E-state index contributed by atoms with van der Waals surface area (Å²) in [6, 6.07) is 41.7. The van der Waals surface area contributed by atoms with Gasteiger partial charge in [-0.1, -0.05) is 0 Å². The van der Waals surface area contributed by atoms with Crippen LogP contribution in [0.4, 0.5) is 0 Å². The van der Waals surface area contributed by atoms with Crippen LogP contribution in [-0.4, -0.2) is 5.49 Å². The van der Waals surface area contributed by atoms with Gasteiger partial charge in [0.15, 0.2) is 0 Å². The third-order valence-corrected chi connectivity index (χ3v) is 34.7. The molecule has 2 aliphatic carbocycles. The molecule has 0 nitrogen and oxygen atoms in total. The summed E-state index contributed by atoms with van der Waals surface area (Å²) in [6.07, 6.45) is 14.1. The second-order valence-electron chi connectivity index (χ2n) is 10.6.